The van der Waals surface area contributed by atoms with Gasteiger partial charge in [-0.1, -0.05) is 30.0 Å². The molecule has 1 aromatic carbocycles. The topological polar surface area (TPSA) is 98.5 Å². The molecule has 0 unspecified atom stereocenters. The summed E-state index contributed by atoms with van der Waals surface area (Å²) in [5.74, 6) is 0.870. The lowest BCUT2D eigenvalue weighted by molar-refractivity contribution is -0.142. The Balaban J connectivity index is 1.38. The minimum atomic E-state index is -0.408. The highest BCUT2D eigenvalue weighted by atomic mass is 32.2. The van der Waals surface area contributed by atoms with Crippen molar-refractivity contribution in [2.45, 2.75) is 37.6 Å². The average molecular weight is 426 g/mol. The second-order valence-electron chi connectivity index (χ2n) is 7.40. The van der Waals surface area contributed by atoms with Crippen molar-refractivity contribution >= 4 is 29.4 Å². The minimum absolute atomic E-state index is 0.134. The van der Waals surface area contributed by atoms with Crippen LogP contribution in [0.2, 0.25) is 0 Å². The molecule has 9 heteroatoms. The van der Waals surface area contributed by atoms with Gasteiger partial charge in [0.15, 0.2) is 0 Å². The Morgan fingerprint density at radius 1 is 1.23 bits per heavy atom. The molecule has 0 spiro atoms. The number of nitrogens with zero attached hydrogens (tertiary/aromatic N) is 4. The molecule has 2 heterocycles. The van der Waals surface area contributed by atoms with Crippen LogP contribution in [0.1, 0.15) is 40.2 Å². The number of fused-ring (bicyclic) bond motifs is 1. The van der Waals surface area contributed by atoms with Crippen molar-refractivity contribution in [2.75, 3.05) is 13.2 Å². The molecule has 0 atom stereocenters. The fraction of sp³-hybridized carbons (Fsp3) is 0.381. The van der Waals surface area contributed by atoms with Crippen LogP contribution in [0, 0.1) is 19.8 Å². The van der Waals surface area contributed by atoms with Crippen LogP contribution in [-0.4, -0.2) is 44.6 Å². The Morgan fingerprint density at radius 3 is 2.83 bits per heavy atom. The van der Waals surface area contributed by atoms with Crippen LogP contribution in [0.4, 0.5) is 0 Å². The highest BCUT2D eigenvalue weighted by Gasteiger charge is 2.23. The quantitative estimate of drug-likeness (QED) is 0.438. The van der Waals surface area contributed by atoms with E-state index < -0.39 is 5.97 Å². The molecule has 4 rings (SSSR count). The fourth-order valence-electron chi connectivity index (χ4n) is 3.01. The lowest BCUT2D eigenvalue weighted by atomic mass is 10.1. The van der Waals surface area contributed by atoms with Crippen molar-refractivity contribution < 1.29 is 14.3 Å². The van der Waals surface area contributed by atoms with Gasteiger partial charge in [-0.15, -0.1) is 5.10 Å². The normalized spacial score (nSPS) is 13.4. The molecule has 2 aromatic heterocycles. The maximum Gasteiger partial charge on any atom is 0.325 e. The third kappa shape index (κ3) is 4.96. The fourth-order valence-corrected chi connectivity index (χ4v) is 3.84. The van der Waals surface area contributed by atoms with Crippen LogP contribution >= 0.6 is 11.8 Å². The van der Waals surface area contributed by atoms with Gasteiger partial charge in [0.1, 0.15) is 6.54 Å². The molecule has 1 fully saturated rings. The molecule has 3 aromatic rings. The van der Waals surface area contributed by atoms with Gasteiger partial charge >= 0.3 is 5.97 Å². The summed E-state index contributed by atoms with van der Waals surface area (Å²) in [5, 5.41) is 7.73. The number of carbonyl (C=O) groups is 2. The summed E-state index contributed by atoms with van der Waals surface area (Å²) in [6.45, 7) is 4.19. The third-order valence-corrected chi connectivity index (χ3v) is 5.67. The molecule has 0 radical (unpaired) electrons. The molecule has 156 valence electrons. The Morgan fingerprint density at radius 2 is 2.03 bits per heavy atom. The van der Waals surface area contributed by atoms with Crippen LogP contribution < -0.4 is 5.32 Å². The summed E-state index contributed by atoms with van der Waals surface area (Å²) in [6, 6.07) is 9.26. The summed E-state index contributed by atoms with van der Waals surface area (Å²) in [5.41, 5.74) is 3.21. The van der Waals surface area contributed by atoms with E-state index in [1.165, 1.54) is 11.8 Å². The highest BCUT2D eigenvalue weighted by Crippen LogP contribution is 2.28. The Kier molecular flexibility index (Phi) is 5.98. The van der Waals surface area contributed by atoms with Crippen molar-refractivity contribution in [1.29, 1.82) is 0 Å². The second-order valence-corrected chi connectivity index (χ2v) is 8.34. The van der Waals surface area contributed by atoms with E-state index in [0.717, 1.165) is 29.8 Å². The maximum atomic E-state index is 12.6. The van der Waals surface area contributed by atoms with E-state index in [1.807, 2.05) is 32.0 Å². The third-order valence-electron chi connectivity index (χ3n) is 4.79. The summed E-state index contributed by atoms with van der Waals surface area (Å²) in [7, 11) is 0. The van der Waals surface area contributed by atoms with E-state index in [2.05, 4.69) is 20.4 Å². The zero-order valence-electron chi connectivity index (χ0n) is 16.9. The molecular formula is C21H23N5O3S. The minimum Gasteiger partial charge on any atom is -0.464 e. The number of esters is 1. The lowest BCUT2D eigenvalue weighted by Gasteiger charge is -2.09. The van der Waals surface area contributed by atoms with Gasteiger partial charge in [0.2, 0.25) is 5.16 Å². The largest absolute Gasteiger partial charge is 0.464 e. The highest BCUT2D eigenvalue weighted by molar-refractivity contribution is 7.98. The number of benzene rings is 1. The first-order valence-electron chi connectivity index (χ1n) is 9.85. The summed E-state index contributed by atoms with van der Waals surface area (Å²) in [6.07, 6.45) is 2.22. The summed E-state index contributed by atoms with van der Waals surface area (Å²) < 4.78 is 6.86. The van der Waals surface area contributed by atoms with Crippen LogP contribution in [0.3, 0.4) is 0 Å². The molecule has 0 saturated heterocycles. The van der Waals surface area contributed by atoms with E-state index in [9.17, 15) is 9.59 Å². The molecule has 8 nitrogen and oxygen atoms in total. The molecule has 1 N–H and O–H groups in total. The zero-order chi connectivity index (χ0) is 21.1. The van der Waals surface area contributed by atoms with Crippen molar-refractivity contribution in [2.24, 2.45) is 5.92 Å². The molecule has 1 aliphatic rings. The predicted molar refractivity (Wildman–Crippen MR) is 112 cm³/mol. The van der Waals surface area contributed by atoms with Gasteiger partial charge in [-0.05, 0) is 50.3 Å². The van der Waals surface area contributed by atoms with E-state index in [-0.39, 0.29) is 12.5 Å². The first-order valence-corrected chi connectivity index (χ1v) is 10.8. The van der Waals surface area contributed by atoms with Gasteiger partial charge in [0, 0.05) is 22.7 Å². The van der Waals surface area contributed by atoms with Crippen LogP contribution in [0.15, 0.2) is 35.5 Å². The molecule has 30 heavy (non-hydrogen) atoms. The average Bonchev–Trinajstić information content (AvgIpc) is 3.47. The van der Waals surface area contributed by atoms with Crippen LogP contribution in [-0.2, 0) is 15.3 Å². The van der Waals surface area contributed by atoms with Crippen molar-refractivity contribution in [3.05, 3.63) is 52.8 Å². The van der Waals surface area contributed by atoms with Crippen molar-refractivity contribution in [3.8, 4) is 0 Å². The van der Waals surface area contributed by atoms with E-state index in [0.29, 0.717) is 34.8 Å². The number of carbonyl (C=O) groups excluding carboxylic acids is 2. The second kappa shape index (κ2) is 8.83. The summed E-state index contributed by atoms with van der Waals surface area (Å²) in [4.78, 5) is 33.2. The van der Waals surface area contributed by atoms with Gasteiger partial charge in [-0.2, -0.15) is 4.98 Å². The number of hydrogen-bond acceptors (Lipinski definition) is 7. The van der Waals surface area contributed by atoms with E-state index in [4.69, 9.17) is 4.74 Å². The zero-order valence-corrected chi connectivity index (χ0v) is 17.7. The van der Waals surface area contributed by atoms with Crippen molar-refractivity contribution in [1.82, 2.24) is 24.9 Å². The van der Waals surface area contributed by atoms with Gasteiger partial charge < -0.3 is 10.1 Å². The van der Waals surface area contributed by atoms with E-state index >= 15 is 0 Å². The molecule has 1 amide bonds. The first-order chi connectivity index (χ1) is 14.5. The standard InChI is InChI=1S/C21H23N5O3S/c1-13-9-14(2)26-20(23-13)24-21(25-26)30-12-16-5-3-4-6-17(16)19(28)22-10-18(27)29-11-15-7-8-15/h3-6,9,15H,7-8,10-12H2,1-2H3,(H,22,28). The SMILES string of the molecule is Cc1cc(C)n2nc(SCc3ccccc3C(=O)NCC(=O)OCC3CC3)nc2n1. The van der Waals surface area contributed by atoms with Crippen LogP contribution in [0.5, 0.6) is 0 Å². The number of amides is 1. The van der Waals surface area contributed by atoms with Crippen LogP contribution in [0.25, 0.3) is 5.78 Å². The van der Waals surface area contributed by atoms with Gasteiger partial charge in [-0.3, -0.25) is 9.59 Å². The van der Waals surface area contributed by atoms with E-state index in [1.54, 1.807) is 16.6 Å². The van der Waals surface area contributed by atoms with Gasteiger partial charge in [0.05, 0.1) is 6.61 Å². The monoisotopic (exact) mass is 425 g/mol. The molecule has 1 aliphatic carbocycles. The maximum absolute atomic E-state index is 12.6. The van der Waals surface area contributed by atoms with Crippen molar-refractivity contribution in [3.63, 3.8) is 0 Å². The molecule has 0 aliphatic heterocycles. The smallest absolute Gasteiger partial charge is 0.325 e. The number of ether oxygens (including phenoxy) is 1. The molecule has 1 saturated carbocycles. The Bertz CT molecular complexity index is 1090. The Labute approximate surface area is 178 Å². The van der Waals surface area contributed by atoms with Gasteiger partial charge in [0.25, 0.3) is 11.7 Å². The number of hydrogen-bond donors (Lipinski definition) is 1. The first kappa shape index (κ1) is 20.3. The molecular weight excluding hydrogens is 402 g/mol. The Hall–Kier alpha value is -2.94. The van der Waals surface area contributed by atoms with Gasteiger partial charge in [-0.25, -0.2) is 9.50 Å². The number of nitrogens with one attached hydrogen (secondary N) is 1. The number of rotatable bonds is 8. The number of thioether (sulfide) groups is 1. The lowest BCUT2D eigenvalue weighted by Crippen LogP contribution is -2.31. The number of aromatic nitrogens is 4. The molecule has 0 bridgehead atoms. The number of aryl methyl sites for hydroxylation is 2. The summed E-state index contributed by atoms with van der Waals surface area (Å²) >= 11 is 1.43. The predicted octanol–water partition coefficient (Wildman–Crippen LogP) is 2.72.